The van der Waals surface area contributed by atoms with Crippen LogP contribution in [0.3, 0.4) is 0 Å². The van der Waals surface area contributed by atoms with E-state index in [1.165, 1.54) is 4.68 Å². The molecule has 0 saturated heterocycles. The van der Waals surface area contributed by atoms with Gasteiger partial charge in [-0.1, -0.05) is 19.1 Å². The monoisotopic (exact) mass is 254 g/mol. The second-order valence-corrected chi connectivity index (χ2v) is 4.21. The predicted octanol–water partition coefficient (Wildman–Crippen LogP) is 0.626. The van der Waals surface area contributed by atoms with Crippen LogP contribution in [0.25, 0.3) is 0 Å². The molecule has 0 radical (unpaired) electrons. The number of carbonyl (C=O) groups excluding carboxylic acids is 1. The minimum atomic E-state index is -1.09. The molecule has 0 aliphatic rings. The topological polar surface area (TPSA) is 97.1 Å². The standard InChI is InChI=1S/C11H18N4O3/c1-4-12-8(16)5-6-15-10(7(2)3)9(11(17)18)13-14-15/h7H,4-6H2,1-3H3,(H,12,16)(H,17,18). The zero-order chi connectivity index (χ0) is 13.7. The number of hydrogen-bond acceptors (Lipinski definition) is 4. The van der Waals surface area contributed by atoms with Crippen LogP contribution in [0.2, 0.25) is 0 Å². The van der Waals surface area contributed by atoms with Gasteiger partial charge in [0.2, 0.25) is 5.91 Å². The maximum Gasteiger partial charge on any atom is 0.358 e. The minimum absolute atomic E-state index is 0.0136. The molecule has 1 aromatic heterocycles. The van der Waals surface area contributed by atoms with Gasteiger partial charge >= 0.3 is 5.97 Å². The molecule has 100 valence electrons. The van der Waals surface area contributed by atoms with Crippen LogP contribution in [0.5, 0.6) is 0 Å². The van der Waals surface area contributed by atoms with Crippen LogP contribution in [0.4, 0.5) is 0 Å². The van der Waals surface area contributed by atoms with E-state index >= 15 is 0 Å². The highest BCUT2D eigenvalue weighted by Gasteiger charge is 2.21. The number of carbonyl (C=O) groups is 2. The molecule has 7 nitrogen and oxygen atoms in total. The number of aryl methyl sites for hydroxylation is 1. The summed E-state index contributed by atoms with van der Waals surface area (Å²) in [5, 5.41) is 19.1. The van der Waals surface area contributed by atoms with Crippen molar-refractivity contribution in [2.75, 3.05) is 6.54 Å². The average molecular weight is 254 g/mol. The summed E-state index contributed by atoms with van der Waals surface area (Å²) in [6.45, 7) is 6.49. The average Bonchev–Trinajstić information content (AvgIpc) is 2.70. The number of amides is 1. The Balaban J connectivity index is 2.83. The maximum atomic E-state index is 11.3. The summed E-state index contributed by atoms with van der Waals surface area (Å²) in [5.41, 5.74) is 0.507. The number of rotatable bonds is 6. The first-order valence-corrected chi connectivity index (χ1v) is 5.90. The summed E-state index contributed by atoms with van der Waals surface area (Å²) < 4.78 is 1.49. The maximum absolute atomic E-state index is 11.3. The number of carboxylic acid groups (broad SMARTS) is 1. The lowest BCUT2D eigenvalue weighted by Crippen LogP contribution is -2.24. The third-order valence-electron chi connectivity index (χ3n) is 2.45. The second-order valence-electron chi connectivity index (χ2n) is 4.21. The fourth-order valence-electron chi connectivity index (χ4n) is 1.70. The Morgan fingerprint density at radius 2 is 2.11 bits per heavy atom. The van der Waals surface area contributed by atoms with Crippen molar-refractivity contribution in [3.63, 3.8) is 0 Å². The molecule has 0 aromatic carbocycles. The molecule has 7 heteroatoms. The summed E-state index contributed by atoms with van der Waals surface area (Å²) in [6.07, 6.45) is 0.260. The number of aromatic nitrogens is 3. The van der Waals surface area contributed by atoms with Gasteiger partial charge in [-0.2, -0.15) is 0 Å². The fraction of sp³-hybridized carbons (Fsp3) is 0.636. The Labute approximate surface area is 105 Å². The van der Waals surface area contributed by atoms with Gasteiger partial charge in [-0.25, -0.2) is 9.48 Å². The molecule has 2 N–H and O–H groups in total. The van der Waals surface area contributed by atoms with Crippen LogP contribution < -0.4 is 5.32 Å². The number of nitrogens with zero attached hydrogens (tertiary/aromatic N) is 3. The largest absolute Gasteiger partial charge is 0.476 e. The van der Waals surface area contributed by atoms with Gasteiger partial charge in [0.05, 0.1) is 12.2 Å². The van der Waals surface area contributed by atoms with Crippen LogP contribution in [0, 0.1) is 0 Å². The van der Waals surface area contributed by atoms with Crippen LogP contribution in [-0.4, -0.2) is 38.5 Å². The normalized spacial score (nSPS) is 10.7. The summed E-state index contributed by atoms with van der Waals surface area (Å²) in [5.74, 6) is -1.19. The molecule has 1 rings (SSSR count). The van der Waals surface area contributed by atoms with Crippen molar-refractivity contribution in [3.05, 3.63) is 11.4 Å². The lowest BCUT2D eigenvalue weighted by atomic mass is 10.1. The molecule has 0 fully saturated rings. The van der Waals surface area contributed by atoms with Gasteiger partial charge in [-0.3, -0.25) is 4.79 Å². The highest BCUT2D eigenvalue weighted by atomic mass is 16.4. The smallest absolute Gasteiger partial charge is 0.358 e. The van der Waals surface area contributed by atoms with Gasteiger partial charge in [0.1, 0.15) is 0 Å². The molecule has 0 unspecified atom stereocenters. The van der Waals surface area contributed by atoms with Crippen LogP contribution in [0.15, 0.2) is 0 Å². The van der Waals surface area contributed by atoms with Crippen molar-refractivity contribution < 1.29 is 14.7 Å². The first-order chi connectivity index (χ1) is 8.47. The van der Waals surface area contributed by atoms with E-state index in [2.05, 4.69) is 15.6 Å². The molecule has 0 aliphatic heterocycles. The van der Waals surface area contributed by atoms with Crippen LogP contribution in [0.1, 0.15) is 49.3 Å². The third-order valence-corrected chi connectivity index (χ3v) is 2.45. The van der Waals surface area contributed by atoms with Crippen molar-refractivity contribution in [1.82, 2.24) is 20.3 Å². The van der Waals surface area contributed by atoms with Crippen molar-refractivity contribution in [3.8, 4) is 0 Å². The summed E-state index contributed by atoms with van der Waals surface area (Å²) in [4.78, 5) is 22.3. The van der Waals surface area contributed by atoms with E-state index in [1.54, 1.807) is 0 Å². The number of aromatic carboxylic acids is 1. The lowest BCUT2D eigenvalue weighted by molar-refractivity contribution is -0.121. The fourth-order valence-corrected chi connectivity index (χ4v) is 1.70. The third kappa shape index (κ3) is 3.28. The van der Waals surface area contributed by atoms with Crippen LogP contribution >= 0.6 is 0 Å². The van der Waals surface area contributed by atoms with Gasteiger partial charge in [0.15, 0.2) is 5.69 Å². The van der Waals surface area contributed by atoms with Crippen molar-refractivity contribution >= 4 is 11.9 Å². The Morgan fingerprint density at radius 3 is 2.61 bits per heavy atom. The van der Waals surface area contributed by atoms with Gasteiger partial charge in [0, 0.05) is 13.0 Å². The second kappa shape index (κ2) is 6.13. The molecule has 0 bridgehead atoms. The Bertz CT molecular complexity index is 439. The Morgan fingerprint density at radius 1 is 1.44 bits per heavy atom. The van der Waals surface area contributed by atoms with Crippen molar-refractivity contribution in [1.29, 1.82) is 0 Å². The van der Waals surface area contributed by atoms with E-state index in [-0.39, 0.29) is 23.9 Å². The van der Waals surface area contributed by atoms with Gasteiger partial charge in [0.25, 0.3) is 0 Å². The van der Waals surface area contributed by atoms with Gasteiger partial charge < -0.3 is 10.4 Å². The zero-order valence-electron chi connectivity index (χ0n) is 10.8. The molecule has 18 heavy (non-hydrogen) atoms. The highest BCUT2D eigenvalue weighted by molar-refractivity contribution is 5.86. The Kier molecular flexibility index (Phi) is 4.82. The van der Waals surface area contributed by atoms with E-state index in [1.807, 2.05) is 20.8 Å². The van der Waals surface area contributed by atoms with E-state index < -0.39 is 5.97 Å². The van der Waals surface area contributed by atoms with Crippen molar-refractivity contribution in [2.45, 2.75) is 39.7 Å². The van der Waals surface area contributed by atoms with Crippen LogP contribution in [-0.2, 0) is 11.3 Å². The number of carboxylic acids is 1. The molecule has 1 amide bonds. The van der Waals surface area contributed by atoms with E-state index in [9.17, 15) is 9.59 Å². The first-order valence-electron chi connectivity index (χ1n) is 5.90. The molecule has 0 spiro atoms. The molecule has 1 heterocycles. The van der Waals surface area contributed by atoms with Crippen molar-refractivity contribution in [2.24, 2.45) is 0 Å². The SMILES string of the molecule is CCNC(=O)CCn1nnc(C(=O)O)c1C(C)C. The van der Waals surface area contributed by atoms with E-state index in [4.69, 9.17) is 5.11 Å². The van der Waals surface area contributed by atoms with Gasteiger partial charge in [-0.15, -0.1) is 5.10 Å². The first kappa shape index (κ1) is 14.1. The summed E-state index contributed by atoms with van der Waals surface area (Å²) in [6, 6.07) is 0. The molecule has 0 atom stereocenters. The predicted molar refractivity (Wildman–Crippen MR) is 64.4 cm³/mol. The Hall–Kier alpha value is -1.92. The minimum Gasteiger partial charge on any atom is -0.476 e. The molecule has 0 saturated carbocycles. The van der Waals surface area contributed by atoms with E-state index in [0.29, 0.717) is 18.8 Å². The number of hydrogen-bond donors (Lipinski definition) is 2. The molecule has 1 aromatic rings. The highest BCUT2D eigenvalue weighted by Crippen LogP contribution is 2.17. The number of nitrogens with one attached hydrogen (secondary N) is 1. The summed E-state index contributed by atoms with van der Waals surface area (Å²) >= 11 is 0. The summed E-state index contributed by atoms with van der Waals surface area (Å²) in [7, 11) is 0. The molecular weight excluding hydrogens is 236 g/mol. The molecular formula is C11H18N4O3. The molecule has 0 aliphatic carbocycles. The lowest BCUT2D eigenvalue weighted by Gasteiger charge is -2.09. The van der Waals surface area contributed by atoms with Gasteiger partial charge in [-0.05, 0) is 12.8 Å². The quantitative estimate of drug-likeness (QED) is 0.775. The van der Waals surface area contributed by atoms with E-state index in [0.717, 1.165) is 0 Å². The zero-order valence-corrected chi connectivity index (χ0v) is 10.8.